The molecular formula is C12H23N5O2. The highest BCUT2D eigenvalue weighted by molar-refractivity contribution is 5.84. The van der Waals surface area contributed by atoms with Gasteiger partial charge in [-0.3, -0.25) is 4.79 Å². The molecular weight excluding hydrogens is 246 g/mol. The highest BCUT2D eigenvalue weighted by Crippen LogP contribution is 2.27. The molecule has 1 saturated heterocycles. The van der Waals surface area contributed by atoms with Crippen molar-refractivity contribution in [3.05, 3.63) is 10.4 Å². The van der Waals surface area contributed by atoms with Crippen LogP contribution in [0, 0.1) is 0 Å². The summed E-state index contributed by atoms with van der Waals surface area (Å²) >= 11 is 0. The van der Waals surface area contributed by atoms with Crippen molar-refractivity contribution in [1.29, 1.82) is 0 Å². The second kappa shape index (κ2) is 7.99. The minimum atomic E-state index is -0.672. The molecule has 0 bridgehead atoms. The maximum atomic E-state index is 11.8. The zero-order chi connectivity index (χ0) is 14.1. The Labute approximate surface area is 113 Å². The molecule has 0 radical (unpaired) electrons. The maximum absolute atomic E-state index is 11.8. The average molecular weight is 269 g/mol. The first-order valence-electron chi connectivity index (χ1n) is 6.82. The lowest BCUT2D eigenvalue weighted by atomic mass is 9.84. The van der Waals surface area contributed by atoms with E-state index in [1.54, 1.807) is 0 Å². The van der Waals surface area contributed by atoms with Gasteiger partial charge in [-0.15, -0.1) is 0 Å². The fraction of sp³-hybridized carbons (Fsp3) is 0.917. The van der Waals surface area contributed by atoms with Crippen LogP contribution in [-0.4, -0.2) is 37.2 Å². The van der Waals surface area contributed by atoms with Gasteiger partial charge in [-0.05, 0) is 31.3 Å². The van der Waals surface area contributed by atoms with Gasteiger partial charge >= 0.3 is 0 Å². The highest BCUT2D eigenvalue weighted by Gasteiger charge is 2.41. The van der Waals surface area contributed by atoms with Crippen LogP contribution in [0.1, 0.15) is 39.0 Å². The lowest BCUT2D eigenvalue weighted by molar-refractivity contribution is -0.131. The number of azide groups is 1. The number of carbonyl (C=O) groups is 1. The van der Waals surface area contributed by atoms with Crippen LogP contribution in [0.2, 0.25) is 0 Å². The van der Waals surface area contributed by atoms with Crippen molar-refractivity contribution in [2.45, 2.75) is 50.7 Å². The summed E-state index contributed by atoms with van der Waals surface area (Å²) in [4.78, 5) is 14.5. The van der Waals surface area contributed by atoms with Crippen LogP contribution in [0.25, 0.3) is 10.4 Å². The molecule has 0 saturated carbocycles. The third-order valence-corrected chi connectivity index (χ3v) is 3.50. The Morgan fingerprint density at radius 1 is 1.68 bits per heavy atom. The predicted octanol–water partition coefficient (Wildman–Crippen LogP) is 1.48. The molecule has 2 unspecified atom stereocenters. The summed E-state index contributed by atoms with van der Waals surface area (Å²) in [5.41, 5.74) is 13.1. The molecule has 108 valence electrons. The third-order valence-electron chi connectivity index (χ3n) is 3.50. The molecule has 0 spiro atoms. The van der Waals surface area contributed by atoms with Crippen molar-refractivity contribution >= 4 is 5.91 Å². The molecule has 7 nitrogen and oxygen atoms in total. The summed E-state index contributed by atoms with van der Waals surface area (Å²) < 4.78 is 5.65. The molecule has 0 aromatic rings. The second-order valence-electron chi connectivity index (χ2n) is 4.92. The third kappa shape index (κ3) is 4.70. The maximum Gasteiger partial charge on any atom is 0.237 e. The van der Waals surface area contributed by atoms with Crippen molar-refractivity contribution in [2.75, 3.05) is 19.7 Å². The van der Waals surface area contributed by atoms with Gasteiger partial charge in [0.05, 0.1) is 6.10 Å². The molecule has 19 heavy (non-hydrogen) atoms. The molecule has 1 fully saturated rings. The molecule has 1 amide bonds. The summed E-state index contributed by atoms with van der Waals surface area (Å²) in [7, 11) is 0. The number of rotatable bonds is 8. The van der Waals surface area contributed by atoms with E-state index in [0.29, 0.717) is 39.0 Å². The smallest absolute Gasteiger partial charge is 0.237 e. The first-order valence-corrected chi connectivity index (χ1v) is 6.82. The molecule has 1 aliphatic rings. The van der Waals surface area contributed by atoms with Gasteiger partial charge < -0.3 is 15.8 Å². The standard InChI is InChI=1S/C12H23N5O2/c1-2-4-10-9-12(11(13)18,5-8-19-10)15-6-3-7-16-17-14/h10,15H,2-9H2,1H3,(H2,13,18). The topological polar surface area (TPSA) is 113 Å². The van der Waals surface area contributed by atoms with E-state index in [9.17, 15) is 4.79 Å². The minimum Gasteiger partial charge on any atom is -0.378 e. The lowest BCUT2D eigenvalue weighted by Gasteiger charge is -2.39. The van der Waals surface area contributed by atoms with E-state index in [4.69, 9.17) is 16.0 Å². The summed E-state index contributed by atoms with van der Waals surface area (Å²) in [5.74, 6) is -0.319. The number of primary amides is 1. The van der Waals surface area contributed by atoms with Crippen LogP contribution in [0.4, 0.5) is 0 Å². The number of carbonyl (C=O) groups excluding carboxylic acids is 1. The Morgan fingerprint density at radius 2 is 2.47 bits per heavy atom. The van der Waals surface area contributed by atoms with E-state index in [0.717, 1.165) is 12.8 Å². The molecule has 7 heteroatoms. The van der Waals surface area contributed by atoms with E-state index in [1.165, 1.54) is 0 Å². The van der Waals surface area contributed by atoms with Crippen molar-refractivity contribution in [3.8, 4) is 0 Å². The Bertz CT molecular complexity index is 341. The quantitative estimate of drug-likeness (QED) is 0.301. The SMILES string of the molecule is CCCC1CC(NCCCN=[N+]=[N-])(C(N)=O)CCO1. The fourth-order valence-electron chi connectivity index (χ4n) is 2.45. The van der Waals surface area contributed by atoms with E-state index >= 15 is 0 Å². The predicted molar refractivity (Wildman–Crippen MR) is 72.4 cm³/mol. The van der Waals surface area contributed by atoms with Crippen molar-refractivity contribution in [1.82, 2.24) is 5.32 Å². The summed E-state index contributed by atoms with van der Waals surface area (Å²) in [5, 5.41) is 6.71. The van der Waals surface area contributed by atoms with E-state index in [-0.39, 0.29) is 12.0 Å². The highest BCUT2D eigenvalue weighted by atomic mass is 16.5. The second-order valence-corrected chi connectivity index (χ2v) is 4.92. The molecule has 2 atom stereocenters. The van der Waals surface area contributed by atoms with Gasteiger partial charge in [0, 0.05) is 24.5 Å². The summed E-state index contributed by atoms with van der Waals surface area (Å²) in [6, 6.07) is 0. The Hall–Kier alpha value is -1.30. The minimum absolute atomic E-state index is 0.0934. The van der Waals surface area contributed by atoms with Gasteiger partial charge in [-0.2, -0.15) is 0 Å². The van der Waals surface area contributed by atoms with Gasteiger partial charge in [-0.25, -0.2) is 0 Å². The van der Waals surface area contributed by atoms with Gasteiger partial charge in [0.1, 0.15) is 5.54 Å². The van der Waals surface area contributed by atoms with Crippen molar-refractivity contribution in [2.24, 2.45) is 10.8 Å². The van der Waals surface area contributed by atoms with Gasteiger partial charge in [-0.1, -0.05) is 18.5 Å². The number of nitrogens with two attached hydrogens (primary N) is 1. The van der Waals surface area contributed by atoms with Gasteiger partial charge in [0.15, 0.2) is 0 Å². The van der Waals surface area contributed by atoms with Gasteiger partial charge in [0.25, 0.3) is 0 Å². The van der Waals surface area contributed by atoms with Crippen LogP contribution in [0.5, 0.6) is 0 Å². The number of ether oxygens (including phenoxy) is 1. The average Bonchev–Trinajstić information content (AvgIpc) is 2.39. The number of nitrogens with one attached hydrogen (secondary N) is 1. The Morgan fingerprint density at radius 3 is 3.11 bits per heavy atom. The van der Waals surface area contributed by atoms with Crippen molar-refractivity contribution < 1.29 is 9.53 Å². The molecule has 1 rings (SSSR count). The first kappa shape index (κ1) is 15.8. The van der Waals surface area contributed by atoms with Crippen LogP contribution < -0.4 is 11.1 Å². The van der Waals surface area contributed by atoms with Crippen molar-refractivity contribution in [3.63, 3.8) is 0 Å². The lowest BCUT2D eigenvalue weighted by Crippen LogP contribution is -2.60. The van der Waals surface area contributed by atoms with Gasteiger partial charge in [0.2, 0.25) is 5.91 Å². The van der Waals surface area contributed by atoms with E-state index in [1.807, 2.05) is 0 Å². The number of nitrogens with zero attached hydrogens (tertiary/aromatic N) is 3. The number of hydrogen-bond donors (Lipinski definition) is 2. The molecule has 0 aromatic carbocycles. The summed E-state index contributed by atoms with van der Waals surface area (Å²) in [6.45, 7) is 3.68. The monoisotopic (exact) mass is 269 g/mol. The van der Waals surface area contributed by atoms with Crippen LogP contribution in [0.3, 0.4) is 0 Å². The first-order chi connectivity index (χ1) is 9.14. The van der Waals surface area contributed by atoms with Crippen LogP contribution >= 0.6 is 0 Å². The summed E-state index contributed by atoms with van der Waals surface area (Å²) in [6.07, 6.45) is 3.97. The zero-order valence-electron chi connectivity index (χ0n) is 11.5. The van der Waals surface area contributed by atoms with Crippen LogP contribution in [0.15, 0.2) is 5.11 Å². The fourth-order valence-corrected chi connectivity index (χ4v) is 2.45. The molecule has 1 aliphatic heterocycles. The van der Waals surface area contributed by atoms with E-state index < -0.39 is 5.54 Å². The largest absolute Gasteiger partial charge is 0.378 e. The zero-order valence-corrected chi connectivity index (χ0v) is 11.5. The molecule has 3 N–H and O–H groups in total. The Balaban J connectivity index is 2.53. The number of amides is 1. The normalized spacial score (nSPS) is 26.7. The van der Waals surface area contributed by atoms with E-state index in [2.05, 4.69) is 22.3 Å². The molecule has 0 aliphatic carbocycles. The number of hydrogen-bond acceptors (Lipinski definition) is 4. The Kier molecular flexibility index (Phi) is 6.62. The molecule has 0 aromatic heterocycles. The van der Waals surface area contributed by atoms with Crippen LogP contribution in [-0.2, 0) is 9.53 Å². The molecule has 1 heterocycles.